The lowest BCUT2D eigenvalue weighted by Gasteiger charge is -2.20. The first-order valence-corrected chi connectivity index (χ1v) is 6.04. The molecule has 1 aromatic carbocycles. The number of nitrogens with zero attached hydrogens (tertiary/aromatic N) is 1. The van der Waals surface area contributed by atoms with Crippen LogP contribution in [0.15, 0.2) is 18.2 Å². The van der Waals surface area contributed by atoms with Crippen molar-refractivity contribution in [1.29, 1.82) is 0 Å². The Bertz CT molecular complexity index is 542. The number of amides is 3. The van der Waals surface area contributed by atoms with Gasteiger partial charge in [0, 0.05) is 6.54 Å². The molecule has 0 bridgehead atoms. The summed E-state index contributed by atoms with van der Waals surface area (Å²) < 4.78 is 0. The number of carbonyl (C=O) groups is 3. The Kier molecular flexibility index (Phi) is 5.08. The lowest BCUT2D eigenvalue weighted by atomic mass is 10.1. The zero-order valence-corrected chi connectivity index (χ0v) is 11.3. The van der Waals surface area contributed by atoms with Crippen LogP contribution in [0.3, 0.4) is 0 Å². The number of aromatic carboxylic acids is 1. The Balaban J connectivity index is 2.98. The van der Waals surface area contributed by atoms with E-state index in [1.54, 1.807) is 26.0 Å². The largest absolute Gasteiger partial charge is 0.478 e. The van der Waals surface area contributed by atoms with Crippen molar-refractivity contribution >= 4 is 23.6 Å². The van der Waals surface area contributed by atoms with E-state index in [1.807, 2.05) is 0 Å². The molecule has 108 valence electrons. The number of hydrogen-bond acceptors (Lipinski definition) is 3. The molecule has 0 radical (unpaired) electrons. The smallest absolute Gasteiger partial charge is 0.338 e. The fourth-order valence-corrected chi connectivity index (χ4v) is 1.77. The minimum atomic E-state index is -1.13. The second-order valence-electron chi connectivity index (χ2n) is 4.21. The molecule has 0 unspecified atom stereocenters. The van der Waals surface area contributed by atoms with Gasteiger partial charge in [0.2, 0.25) is 5.91 Å². The fourth-order valence-electron chi connectivity index (χ4n) is 1.77. The zero-order valence-electron chi connectivity index (χ0n) is 11.3. The topological polar surface area (TPSA) is 113 Å². The summed E-state index contributed by atoms with van der Waals surface area (Å²) in [6, 6.07) is 4.20. The van der Waals surface area contributed by atoms with E-state index in [1.165, 1.54) is 11.0 Å². The van der Waals surface area contributed by atoms with Crippen LogP contribution in [-0.2, 0) is 4.79 Å². The molecule has 4 N–H and O–H groups in total. The number of carboxylic acid groups (broad SMARTS) is 1. The van der Waals surface area contributed by atoms with Crippen LogP contribution in [0, 0.1) is 6.92 Å². The van der Waals surface area contributed by atoms with Gasteiger partial charge in [-0.1, -0.05) is 12.1 Å². The van der Waals surface area contributed by atoms with Crippen LogP contribution in [0.25, 0.3) is 0 Å². The average Bonchev–Trinajstić information content (AvgIpc) is 2.35. The van der Waals surface area contributed by atoms with Crippen molar-refractivity contribution in [1.82, 2.24) is 4.90 Å². The van der Waals surface area contributed by atoms with Crippen LogP contribution in [0.5, 0.6) is 0 Å². The number of likely N-dealkylation sites (N-methyl/N-ethyl adjacent to an activating group) is 1. The van der Waals surface area contributed by atoms with Crippen molar-refractivity contribution in [3.63, 3.8) is 0 Å². The fraction of sp³-hybridized carbons (Fsp3) is 0.308. The number of primary amides is 1. The number of nitrogens with two attached hydrogens (primary N) is 1. The maximum absolute atomic E-state index is 12.0. The van der Waals surface area contributed by atoms with E-state index < -0.39 is 17.9 Å². The first kappa shape index (κ1) is 15.5. The normalized spacial score (nSPS) is 9.90. The SMILES string of the molecule is CCN(CC(N)=O)C(=O)Nc1cccc(C)c1C(=O)O. The molecule has 0 saturated heterocycles. The molecule has 0 fully saturated rings. The number of nitrogens with one attached hydrogen (secondary N) is 1. The molecule has 0 aliphatic carbocycles. The number of carbonyl (C=O) groups excluding carboxylic acids is 2. The standard InChI is InChI=1S/C13H17N3O4/c1-3-16(7-10(14)17)13(20)15-9-6-4-5-8(2)11(9)12(18)19/h4-6H,3,7H2,1-2H3,(H2,14,17)(H,15,20)(H,18,19). The van der Waals surface area contributed by atoms with E-state index in [4.69, 9.17) is 10.8 Å². The molecule has 0 aliphatic heterocycles. The third kappa shape index (κ3) is 3.71. The summed E-state index contributed by atoms with van der Waals surface area (Å²) in [4.78, 5) is 35.2. The number of carboxylic acids is 1. The number of anilines is 1. The number of aryl methyl sites for hydroxylation is 1. The molecule has 1 aromatic rings. The first-order valence-electron chi connectivity index (χ1n) is 6.04. The minimum absolute atomic E-state index is 0.0241. The summed E-state index contributed by atoms with van der Waals surface area (Å²) in [6.07, 6.45) is 0. The second-order valence-corrected chi connectivity index (χ2v) is 4.21. The minimum Gasteiger partial charge on any atom is -0.478 e. The van der Waals surface area contributed by atoms with Crippen molar-refractivity contribution < 1.29 is 19.5 Å². The van der Waals surface area contributed by atoms with Crippen molar-refractivity contribution in [2.75, 3.05) is 18.4 Å². The molecule has 0 spiro atoms. The van der Waals surface area contributed by atoms with Crippen molar-refractivity contribution in [2.24, 2.45) is 5.73 Å². The van der Waals surface area contributed by atoms with Crippen LogP contribution in [0.4, 0.5) is 10.5 Å². The lowest BCUT2D eigenvalue weighted by molar-refractivity contribution is -0.118. The molecular formula is C13H17N3O4. The quantitative estimate of drug-likeness (QED) is 0.747. The van der Waals surface area contributed by atoms with Gasteiger partial charge in [0.05, 0.1) is 11.3 Å². The molecule has 0 aromatic heterocycles. The van der Waals surface area contributed by atoms with Crippen LogP contribution in [0.2, 0.25) is 0 Å². The molecule has 7 nitrogen and oxygen atoms in total. The van der Waals surface area contributed by atoms with E-state index in [2.05, 4.69) is 5.32 Å². The number of benzene rings is 1. The van der Waals surface area contributed by atoms with Gasteiger partial charge in [-0.2, -0.15) is 0 Å². The highest BCUT2D eigenvalue weighted by atomic mass is 16.4. The Morgan fingerprint density at radius 2 is 2.00 bits per heavy atom. The highest BCUT2D eigenvalue weighted by Crippen LogP contribution is 2.19. The third-order valence-corrected chi connectivity index (χ3v) is 2.74. The molecule has 0 atom stereocenters. The van der Waals surface area contributed by atoms with Crippen LogP contribution in [0.1, 0.15) is 22.8 Å². The van der Waals surface area contributed by atoms with E-state index in [9.17, 15) is 14.4 Å². The van der Waals surface area contributed by atoms with Gasteiger partial charge in [0.15, 0.2) is 0 Å². The van der Waals surface area contributed by atoms with Gasteiger partial charge in [-0.25, -0.2) is 9.59 Å². The monoisotopic (exact) mass is 279 g/mol. The lowest BCUT2D eigenvalue weighted by Crippen LogP contribution is -2.41. The van der Waals surface area contributed by atoms with Gasteiger partial charge < -0.3 is 21.1 Å². The van der Waals surface area contributed by atoms with Gasteiger partial charge in [-0.3, -0.25) is 4.79 Å². The van der Waals surface area contributed by atoms with Crippen LogP contribution < -0.4 is 11.1 Å². The molecule has 3 amide bonds. The summed E-state index contributed by atoms with van der Waals surface area (Å²) in [5, 5.41) is 11.6. The number of urea groups is 1. The molecule has 1 rings (SSSR count). The van der Waals surface area contributed by atoms with Gasteiger partial charge in [-0.15, -0.1) is 0 Å². The summed E-state index contributed by atoms with van der Waals surface area (Å²) >= 11 is 0. The summed E-state index contributed by atoms with van der Waals surface area (Å²) in [6.45, 7) is 3.39. The highest BCUT2D eigenvalue weighted by molar-refractivity contribution is 6.01. The Hall–Kier alpha value is -2.57. The maximum Gasteiger partial charge on any atom is 0.338 e. The molecule has 0 heterocycles. The summed E-state index contributed by atoms with van der Waals surface area (Å²) in [5.41, 5.74) is 5.79. The molecule has 7 heteroatoms. The van der Waals surface area contributed by atoms with Gasteiger partial charge >= 0.3 is 12.0 Å². The highest BCUT2D eigenvalue weighted by Gasteiger charge is 2.18. The van der Waals surface area contributed by atoms with Crippen molar-refractivity contribution in [3.8, 4) is 0 Å². The van der Waals surface area contributed by atoms with Crippen LogP contribution in [-0.4, -0.2) is 41.0 Å². The van der Waals surface area contributed by atoms with Gasteiger partial charge in [0.1, 0.15) is 6.54 Å². The van der Waals surface area contributed by atoms with Gasteiger partial charge in [0.25, 0.3) is 0 Å². The second kappa shape index (κ2) is 6.55. The Labute approximate surface area is 116 Å². The zero-order chi connectivity index (χ0) is 15.3. The van der Waals surface area contributed by atoms with Gasteiger partial charge in [-0.05, 0) is 25.5 Å². The van der Waals surface area contributed by atoms with Crippen molar-refractivity contribution in [2.45, 2.75) is 13.8 Å². The average molecular weight is 279 g/mol. The van der Waals surface area contributed by atoms with E-state index in [-0.39, 0.29) is 24.3 Å². The molecule has 0 saturated carbocycles. The van der Waals surface area contributed by atoms with E-state index >= 15 is 0 Å². The molecule has 20 heavy (non-hydrogen) atoms. The Morgan fingerprint density at radius 3 is 2.50 bits per heavy atom. The Morgan fingerprint density at radius 1 is 1.35 bits per heavy atom. The van der Waals surface area contributed by atoms with E-state index in [0.717, 1.165) is 0 Å². The number of rotatable bonds is 5. The van der Waals surface area contributed by atoms with E-state index in [0.29, 0.717) is 5.56 Å². The number of hydrogen-bond donors (Lipinski definition) is 3. The predicted octanol–water partition coefficient (Wildman–Crippen LogP) is 1.03. The third-order valence-electron chi connectivity index (χ3n) is 2.74. The van der Waals surface area contributed by atoms with Crippen LogP contribution >= 0.6 is 0 Å². The summed E-state index contributed by atoms with van der Waals surface area (Å²) in [7, 11) is 0. The van der Waals surface area contributed by atoms with Crippen molar-refractivity contribution in [3.05, 3.63) is 29.3 Å². The maximum atomic E-state index is 12.0. The summed E-state index contributed by atoms with van der Waals surface area (Å²) in [5.74, 6) is -1.76. The first-order chi connectivity index (χ1) is 9.36. The molecule has 0 aliphatic rings. The molecular weight excluding hydrogens is 262 g/mol. The predicted molar refractivity (Wildman–Crippen MR) is 73.6 cm³/mol.